The highest BCUT2D eigenvalue weighted by molar-refractivity contribution is 5.55. The van der Waals surface area contributed by atoms with Gasteiger partial charge in [0.1, 0.15) is 5.82 Å². The van der Waals surface area contributed by atoms with Crippen molar-refractivity contribution in [2.24, 2.45) is 0 Å². The van der Waals surface area contributed by atoms with Gasteiger partial charge in [-0.1, -0.05) is 0 Å². The molecule has 0 fully saturated rings. The van der Waals surface area contributed by atoms with Crippen LogP contribution in [-0.2, 0) is 0 Å². The molecule has 17 heavy (non-hydrogen) atoms. The Hall–Kier alpha value is -2.11. The van der Waals surface area contributed by atoms with Crippen molar-refractivity contribution >= 4 is 0 Å². The smallest absolute Gasteiger partial charge is 0.251 e. The number of hydrogen-bond donors (Lipinski definition) is 1. The number of benzene rings is 1. The molecule has 1 heterocycles. The molecular weight excluding hydrogens is 233 g/mol. The topological polar surface area (TPSA) is 45.8 Å². The van der Waals surface area contributed by atoms with Gasteiger partial charge >= 0.3 is 0 Å². The summed E-state index contributed by atoms with van der Waals surface area (Å²) in [5, 5.41) is 0. The lowest BCUT2D eigenvalue weighted by molar-refractivity contribution is 0.447. The van der Waals surface area contributed by atoms with Crippen molar-refractivity contribution < 1.29 is 13.2 Å². The van der Waals surface area contributed by atoms with Crippen LogP contribution in [0.3, 0.4) is 0 Å². The Balaban J connectivity index is 2.64. The summed E-state index contributed by atoms with van der Waals surface area (Å²) in [4.78, 5) is 17.4. The Morgan fingerprint density at radius 2 is 1.71 bits per heavy atom. The molecule has 0 saturated carbocycles. The van der Waals surface area contributed by atoms with Gasteiger partial charge in [0.2, 0.25) is 0 Å². The molecule has 0 radical (unpaired) electrons. The quantitative estimate of drug-likeness (QED) is 0.776. The van der Waals surface area contributed by atoms with Crippen molar-refractivity contribution in [2.75, 3.05) is 0 Å². The molecule has 0 aliphatic heterocycles. The number of nitrogens with zero attached hydrogens (tertiary/aromatic N) is 1. The number of aromatic amines is 1. The van der Waals surface area contributed by atoms with Crippen LogP contribution < -0.4 is 5.56 Å². The fourth-order valence-electron chi connectivity index (χ4n) is 1.41. The zero-order chi connectivity index (χ0) is 12.6. The highest BCUT2D eigenvalue weighted by Crippen LogP contribution is 2.20. The molecule has 88 valence electrons. The van der Waals surface area contributed by atoms with Crippen molar-refractivity contribution in [3.8, 4) is 11.4 Å². The first-order valence-corrected chi connectivity index (χ1v) is 4.70. The highest BCUT2D eigenvalue weighted by atomic mass is 19.2. The van der Waals surface area contributed by atoms with E-state index in [1.54, 1.807) is 6.92 Å². The van der Waals surface area contributed by atoms with Crippen molar-refractivity contribution in [3.63, 3.8) is 0 Å². The van der Waals surface area contributed by atoms with E-state index in [9.17, 15) is 18.0 Å². The summed E-state index contributed by atoms with van der Waals surface area (Å²) in [6.45, 7) is 1.56. The largest absolute Gasteiger partial charge is 0.307 e. The zero-order valence-electron chi connectivity index (χ0n) is 8.72. The number of hydrogen-bond acceptors (Lipinski definition) is 2. The fourth-order valence-corrected chi connectivity index (χ4v) is 1.41. The van der Waals surface area contributed by atoms with Crippen LogP contribution in [0.5, 0.6) is 0 Å². The molecular formula is C11H7F3N2O. The summed E-state index contributed by atoms with van der Waals surface area (Å²) in [6.07, 6.45) is 0. The van der Waals surface area contributed by atoms with Crippen LogP contribution in [-0.4, -0.2) is 9.97 Å². The summed E-state index contributed by atoms with van der Waals surface area (Å²) in [6, 6.07) is 2.78. The third kappa shape index (κ3) is 2.20. The second-order valence-corrected chi connectivity index (χ2v) is 3.49. The van der Waals surface area contributed by atoms with Gasteiger partial charge in [0.05, 0.1) is 0 Å². The first-order valence-electron chi connectivity index (χ1n) is 4.70. The van der Waals surface area contributed by atoms with Crippen LogP contribution in [0.25, 0.3) is 11.4 Å². The highest BCUT2D eigenvalue weighted by Gasteiger charge is 2.12. The van der Waals surface area contributed by atoms with E-state index in [0.717, 1.165) is 12.1 Å². The molecule has 1 N–H and O–H groups in total. The summed E-state index contributed by atoms with van der Waals surface area (Å²) in [5.74, 6) is -4.22. The molecule has 1 aromatic heterocycles. The van der Waals surface area contributed by atoms with Gasteiger partial charge in [0.25, 0.3) is 5.56 Å². The summed E-state index contributed by atoms with van der Waals surface area (Å²) < 4.78 is 38.7. The third-order valence-corrected chi connectivity index (χ3v) is 2.13. The number of nitrogens with one attached hydrogen (secondary N) is 1. The summed E-state index contributed by atoms with van der Waals surface area (Å²) in [7, 11) is 0. The SMILES string of the molecule is Cc1cc(=O)[nH]c(-c2cc(F)c(F)c(F)c2)n1. The van der Waals surface area contributed by atoms with Crippen LogP contribution in [0.15, 0.2) is 23.0 Å². The minimum atomic E-state index is -1.55. The van der Waals surface area contributed by atoms with Crippen LogP contribution in [0.2, 0.25) is 0 Å². The molecule has 2 rings (SSSR count). The average Bonchev–Trinajstić information content (AvgIpc) is 2.23. The van der Waals surface area contributed by atoms with E-state index in [1.807, 2.05) is 0 Å². The van der Waals surface area contributed by atoms with Gasteiger partial charge < -0.3 is 4.98 Å². The van der Waals surface area contributed by atoms with Crippen molar-refractivity contribution in [2.45, 2.75) is 6.92 Å². The Bertz CT molecular complexity index is 614. The molecule has 0 spiro atoms. The fraction of sp³-hybridized carbons (Fsp3) is 0.0909. The molecule has 0 unspecified atom stereocenters. The monoisotopic (exact) mass is 240 g/mol. The van der Waals surface area contributed by atoms with Gasteiger partial charge in [0.15, 0.2) is 17.5 Å². The van der Waals surface area contributed by atoms with E-state index in [-0.39, 0.29) is 11.4 Å². The van der Waals surface area contributed by atoms with Crippen molar-refractivity contribution in [3.05, 3.63) is 51.7 Å². The molecule has 6 heteroatoms. The minimum absolute atomic E-state index is 0.00667. The van der Waals surface area contributed by atoms with Gasteiger partial charge in [-0.05, 0) is 19.1 Å². The van der Waals surface area contributed by atoms with Crippen molar-refractivity contribution in [1.82, 2.24) is 9.97 Å². The number of aromatic nitrogens is 2. The van der Waals surface area contributed by atoms with E-state index >= 15 is 0 Å². The number of H-pyrrole nitrogens is 1. The Morgan fingerprint density at radius 1 is 1.12 bits per heavy atom. The van der Waals surface area contributed by atoms with E-state index in [4.69, 9.17) is 0 Å². The molecule has 0 saturated heterocycles. The standard InChI is InChI=1S/C11H7F3N2O/c1-5-2-9(17)16-11(15-5)6-3-7(12)10(14)8(13)4-6/h2-4H,1H3,(H,15,16,17). The lowest BCUT2D eigenvalue weighted by Gasteiger charge is -2.03. The van der Waals surface area contributed by atoms with Crippen LogP contribution >= 0.6 is 0 Å². The molecule has 0 aliphatic rings. The van der Waals surface area contributed by atoms with Gasteiger partial charge in [0, 0.05) is 17.3 Å². The third-order valence-electron chi connectivity index (χ3n) is 2.13. The lowest BCUT2D eigenvalue weighted by atomic mass is 10.2. The predicted octanol–water partition coefficient (Wildman–Crippen LogP) is 2.16. The number of aryl methyl sites for hydroxylation is 1. The molecule has 1 aromatic carbocycles. The van der Waals surface area contributed by atoms with Crippen molar-refractivity contribution in [1.29, 1.82) is 0 Å². The molecule has 0 atom stereocenters. The van der Waals surface area contributed by atoms with Gasteiger partial charge in [-0.2, -0.15) is 0 Å². The minimum Gasteiger partial charge on any atom is -0.307 e. The van der Waals surface area contributed by atoms with E-state index < -0.39 is 23.0 Å². The number of halogens is 3. The van der Waals surface area contributed by atoms with E-state index in [0.29, 0.717) is 5.69 Å². The van der Waals surface area contributed by atoms with E-state index in [1.165, 1.54) is 6.07 Å². The first kappa shape index (κ1) is 11.4. The second-order valence-electron chi connectivity index (χ2n) is 3.49. The normalized spacial score (nSPS) is 10.6. The molecule has 0 bridgehead atoms. The van der Waals surface area contributed by atoms with E-state index in [2.05, 4.69) is 9.97 Å². The molecule has 0 aliphatic carbocycles. The number of rotatable bonds is 1. The zero-order valence-corrected chi connectivity index (χ0v) is 8.72. The lowest BCUT2D eigenvalue weighted by Crippen LogP contribution is -2.09. The Labute approximate surface area is 94.0 Å². The Morgan fingerprint density at radius 3 is 2.24 bits per heavy atom. The van der Waals surface area contributed by atoms with Crippen LogP contribution in [0, 0.1) is 24.4 Å². The maximum absolute atomic E-state index is 13.0. The second kappa shape index (κ2) is 4.04. The summed E-state index contributed by atoms with van der Waals surface area (Å²) >= 11 is 0. The maximum atomic E-state index is 13.0. The Kier molecular flexibility index (Phi) is 2.71. The van der Waals surface area contributed by atoms with Crippen LogP contribution in [0.4, 0.5) is 13.2 Å². The molecule has 0 amide bonds. The maximum Gasteiger partial charge on any atom is 0.251 e. The average molecular weight is 240 g/mol. The predicted molar refractivity (Wildman–Crippen MR) is 54.9 cm³/mol. The molecule has 2 aromatic rings. The van der Waals surface area contributed by atoms with Gasteiger partial charge in [-0.15, -0.1) is 0 Å². The van der Waals surface area contributed by atoms with Gasteiger partial charge in [-0.3, -0.25) is 4.79 Å². The summed E-state index contributed by atoms with van der Waals surface area (Å²) in [5.41, 5.74) is -0.0752. The van der Waals surface area contributed by atoms with Gasteiger partial charge in [-0.25, -0.2) is 18.2 Å². The molecule has 3 nitrogen and oxygen atoms in total. The first-order chi connectivity index (χ1) is 7.97. The van der Waals surface area contributed by atoms with Crippen LogP contribution in [0.1, 0.15) is 5.69 Å².